The normalized spacial score (nSPS) is 12.0. The maximum atomic E-state index is 11.0. The summed E-state index contributed by atoms with van der Waals surface area (Å²) in [6.45, 7) is 0. The molecule has 0 N–H and O–H groups in total. The minimum absolute atomic E-state index is 2.07. The Morgan fingerprint density at radius 3 is 1.60 bits per heavy atom. The molecule has 5 heavy (non-hydrogen) atoms. The summed E-state index contributed by atoms with van der Waals surface area (Å²) in [4.78, 5) is 0. The van der Waals surface area contributed by atoms with Gasteiger partial charge < -0.3 is 0 Å². The van der Waals surface area contributed by atoms with Crippen LogP contribution in [0.2, 0.25) is 0 Å². The predicted octanol–water partition coefficient (Wildman–Crippen LogP) is 1.79. The van der Waals surface area contributed by atoms with Crippen molar-refractivity contribution in [1.29, 1.82) is 0 Å². The van der Waals surface area contributed by atoms with Crippen LogP contribution in [0.3, 0.4) is 0 Å². The van der Waals surface area contributed by atoms with E-state index in [1.165, 1.54) is 0 Å². The van der Waals surface area contributed by atoms with Crippen LogP contribution >= 0.6 is 31.9 Å². The predicted molar refractivity (Wildman–Crippen MR) is 22.4 cm³/mol. The number of halogens is 3. The molecule has 0 atom stereocenters. The first-order valence-corrected chi connectivity index (χ1v) is 2.36. The molecule has 0 aromatic carbocycles. The number of hydrogen-bond acceptors (Lipinski definition) is 0. The average molecular weight is 207 g/mol. The lowest BCUT2D eigenvalue weighted by Gasteiger charge is -1.88. The molecule has 0 aromatic heterocycles. The molecular formula is CBr2FO. The fourth-order valence-electron chi connectivity index (χ4n) is 0. The van der Waals surface area contributed by atoms with Crippen molar-refractivity contribution in [3.05, 3.63) is 0 Å². The Hall–Kier alpha value is 0.850. The van der Waals surface area contributed by atoms with Crippen LogP contribution in [-0.2, 0) is 5.11 Å². The highest BCUT2D eigenvalue weighted by Crippen LogP contribution is 2.23. The third kappa shape index (κ3) is 54.5. The van der Waals surface area contributed by atoms with Crippen LogP contribution < -0.4 is 0 Å². The Morgan fingerprint density at radius 2 is 1.60 bits per heavy atom. The Labute approximate surface area is 45.4 Å². The number of rotatable bonds is 0. The molecule has 0 bridgehead atoms. The molecule has 0 aromatic rings. The van der Waals surface area contributed by atoms with Crippen molar-refractivity contribution in [2.75, 3.05) is 0 Å². The quantitative estimate of drug-likeness (QED) is 0.539. The van der Waals surface area contributed by atoms with E-state index in [-0.39, 0.29) is 0 Å². The molecule has 0 unspecified atom stereocenters. The Balaban J connectivity index is 3.02. The summed E-state index contributed by atoms with van der Waals surface area (Å²) in [5, 5.41) is 9.27. The third-order valence-corrected chi connectivity index (χ3v) is 0. The zero-order valence-corrected chi connectivity index (χ0v) is 5.21. The van der Waals surface area contributed by atoms with Crippen LogP contribution in [0.1, 0.15) is 0 Å². The van der Waals surface area contributed by atoms with E-state index in [9.17, 15) is 9.50 Å². The van der Waals surface area contributed by atoms with Crippen LogP contribution in [0.5, 0.6) is 0 Å². The van der Waals surface area contributed by atoms with Gasteiger partial charge in [-0.15, -0.1) is 0 Å². The molecule has 0 spiro atoms. The van der Waals surface area contributed by atoms with Gasteiger partial charge in [-0.3, -0.25) is 0 Å². The summed E-state index contributed by atoms with van der Waals surface area (Å²) in [5.74, 6) is 0. The van der Waals surface area contributed by atoms with Gasteiger partial charge in [0.15, 0.2) is 0 Å². The molecular weight excluding hydrogens is 207 g/mol. The second kappa shape index (κ2) is 1.53. The van der Waals surface area contributed by atoms with Crippen molar-refractivity contribution in [2.24, 2.45) is 0 Å². The summed E-state index contributed by atoms with van der Waals surface area (Å²) in [6.07, 6.45) is 0. The Morgan fingerprint density at radius 1 is 1.60 bits per heavy atom. The van der Waals surface area contributed by atoms with Gasteiger partial charge in [-0.2, -0.15) is 9.50 Å². The van der Waals surface area contributed by atoms with Crippen LogP contribution in [0.15, 0.2) is 0 Å². The standard InChI is InChI=1S/CBr2FO/c2-1(3,4)5. The van der Waals surface area contributed by atoms with E-state index in [0.29, 0.717) is 0 Å². The summed E-state index contributed by atoms with van der Waals surface area (Å²) in [7, 11) is 0. The molecule has 1 nitrogen and oxygen atoms in total. The molecule has 1 radical (unpaired) electrons. The smallest absolute Gasteiger partial charge is 0.183 e. The molecule has 0 amide bonds. The van der Waals surface area contributed by atoms with Crippen molar-refractivity contribution in [3.8, 4) is 0 Å². The van der Waals surface area contributed by atoms with Crippen molar-refractivity contribution >= 4 is 31.9 Å². The van der Waals surface area contributed by atoms with Gasteiger partial charge in [0.1, 0.15) is 0 Å². The van der Waals surface area contributed by atoms with E-state index in [1.807, 2.05) is 0 Å². The summed E-state index contributed by atoms with van der Waals surface area (Å²) < 4.78 is 8.34. The largest absolute Gasteiger partial charge is 0.348 e. The highest BCUT2D eigenvalue weighted by molar-refractivity contribution is 9.25. The fourth-order valence-corrected chi connectivity index (χ4v) is 0. The maximum absolute atomic E-state index is 11.0. The van der Waals surface area contributed by atoms with Crippen LogP contribution in [-0.4, -0.2) is 3.67 Å². The molecule has 0 saturated carbocycles. The van der Waals surface area contributed by atoms with Gasteiger partial charge in [-0.25, -0.2) is 0 Å². The van der Waals surface area contributed by atoms with E-state index in [2.05, 4.69) is 31.9 Å². The zero-order valence-electron chi connectivity index (χ0n) is 2.04. The van der Waals surface area contributed by atoms with Gasteiger partial charge in [0, 0.05) is 31.9 Å². The summed E-state index contributed by atoms with van der Waals surface area (Å²) >= 11 is 4.14. The van der Waals surface area contributed by atoms with Gasteiger partial charge in [-0.05, 0) is 0 Å². The molecule has 0 aliphatic heterocycles. The molecule has 0 fully saturated rings. The SMILES string of the molecule is [O]C(F)(Br)Br. The van der Waals surface area contributed by atoms with E-state index in [0.717, 1.165) is 0 Å². The minimum atomic E-state index is -2.62. The zero-order chi connectivity index (χ0) is 4.50. The lowest BCUT2D eigenvalue weighted by molar-refractivity contribution is 0.0369. The molecule has 4 heteroatoms. The highest BCUT2D eigenvalue weighted by Gasteiger charge is 2.15. The number of alkyl halides is 3. The molecule has 0 saturated heterocycles. The van der Waals surface area contributed by atoms with Crippen molar-refractivity contribution in [3.63, 3.8) is 0 Å². The molecule has 31 valence electrons. The maximum Gasteiger partial charge on any atom is 0.348 e. The average Bonchev–Trinajstić information content (AvgIpc) is 0.722. The highest BCUT2D eigenvalue weighted by atomic mass is 79.9. The van der Waals surface area contributed by atoms with E-state index < -0.39 is 3.67 Å². The minimum Gasteiger partial charge on any atom is -0.183 e. The second-order valence-corrected chi connectivity index (χ2v) is 3.55. The third-order valence-electron chi connectivity index (χ3n) is 0. The molecule has 0 rings (SSSR count). The van der Waals surface area contributed by atoms with Crippen molar-refractivity contribution in [1.82, 2.24) is 0 Å². The number of hydrogen-bond donors (Lipinski definition) is 0. The molecule has 0 heterocycles. The van der Waals surface area contributed by atoms with Gasteiger partial charge in [-0.1, -0.05) is 0 Å². The molecule has 0 aliphatic rings. The first-order valence-electron chi connectivity index (χ1n) is 0.771. The first kappa shape index (κ1) is 5.85. The summed E-state index contributed by atoms with van der Waals surface area (Å²) in [5.41, 5.74) is 0. The molecule has 0 aliphatic carbocycles. The van der Waals surface area contributed by atoms with Crippen LogP contribution in [0, 0.1) is 0 Å². The Bertz CT molecular complexity index is 25.1. The van der Waals surface area contributed by atoms with E-state index in [1.54, 1.807) is 0 Å². The second-order valence-electron chi connectivity index (χ2n) is 0.446. The first-order chi connectivity index (χ1) is 2.00. The van der Waals surface area contributed by atoms with E-state index in [4.69, 9.17) is 0 Å². The van der Waals surface area contributed by atoms with Crippen molar-refractivity contribution in [2.45, 2.75) is 3.67 Å². The van der Waals surface area contributed by atoms with Gasteiger partial charge in [0.25, 0.3) is 0 Å². The lowest BCUT2D eigenvalue weighted by atomic mass is 11.6. The van der Waals surface area contributed by atoms with E-state index >= 15 is 0 Å². The summed E-state index contributed by atoms with van der Waals surface area (Å²) in [6, 6.07) is 0. The Kier molecular flexibility index (Phi) is 1.79. The van der Waals surface area contributed by atoms with Crippen LogP contribution in [0.25, 0.3) is 0 Å². The van der Waals surface area contributed by atoms with Gasteiger partial charge in [0.2, 0.25) is 0 Å². The fraction of sp³-hybridized carbons (Fsp3) is 1.00. The monoisotopic (exact) mass is 205 g/mol. The lowest BCUT2D eigenvalue weighted by Crippen LogP contribution is -1.91. The van der Waals surface area contributed by atoms with Gasteiger partial charge in [0.05, 0.1) is 0 Å². The van der Waals surface area contributed by atoms with Crippen LogP contribution in [0.4, 0.5) is 4.39 Å². The van der Waals surface area contributed by atoms with Crippen molar-refractivity contribution < 1.29 is 9.50 Å². The van der Waals surface area contributed by atoms with Gasteiger partial charge >= 0.3 is 3.67 Å². The topological polar surface area (TPSA) is 19.9 Å².